The van der Waals surface area contributed by atoms with Crippen LogP contribution in [-0.2, 0) is 0 Å². The first-order chi connectivity index (χ1) is 6.41. The van der Waals surface area contributed by atoms with Gasteiger partial charge in [-0.15, -0.1) is 0 Å². The van der Waals surface area contributed by atoms with E-state index in [0.29, 0.717) is 0 Å². The van der Waals surface area contributed by atoms with Crippen molar-refractivity contribution in [3.05, 3.63) is 0 Å². The van der Waals surface area contributed by atoms with Crippen molar-refractivity contribution in [1.82, 2.24) is 0 Å². The summed E-state index contributed by atoms with van der Waals surface area (Å²) >= 11 is 0. The Morgan fingerprint density at radius 3 is 1.23 bits per heavy atom. The second-order valence-corrected chi connectivity index (χ2v) is 3.66. The van der Waals surface area contributed by atoms with Crippen LogP contribution < -0.4 is 0 Å². The highest BCUT2D eigenvalue weighted by molar-refractivity contribution is 7.23. The standard InChI is InChI=1S/C8H16.C2H5B3/c1-2-4-6-8-7-5-3-1;1-2-4-5-3/h1-8H2;2H2,1H3. The molecule has 0 heterocycles. The molecule has 0 bridgehead atoms. The van der Waals surface area contributed by atoms with Gasteiger partial charge in [-0.2, -0.15) is 0 Å². The lowest BCUT2D eigenvalue weighted by molar-refractivity contribution is 0.504. The van der Waals surface area contributed by atoms with Gasteiger partial charge in [0.1, 0.15) is 0 Å². The average molecular weight is 174 g/mol. The van der Waals surface area contributed by atoms with Crippen molar-refractivity contribution in [3.8, 4) is 0 Å². The lowest BCUT2D eigenvalue weighted by atomic mass is 9.27. The summed E-state index contributed by atoms with van der Waals surface area (Å²) in [6.07, 6.45) is 13.0. The molecule has 0 nitrogen and oxygen atoms in total. The Labute approximate surface area is 87.1 Å². The van der Waals surface area contributed by atoms with Crippen LogP contribution in [-0.4, -0.2) is 22.0 Å². The van der Waals surface area contributed by atoms with Gasteiger partial charge < -0.3 is 0 Å². The fourth-order valence-electron chi connectivity index (χ4n) is 1.55. The molecule has 1 saturated carbocycles. The minimum atomic E-state index is 1.04. The van der Waals surface area contributed by atoms with Crippen LogP contribution in [0.1, 0.15) is 58.3 Å². The van der Waals surface area contributed by atoms with Gasteiger partial charge in [-0.1, -0.05) is 64.6 Å². The number of hydrogen-bond acceptors (Lipinski definition) is 0. The van der Waals surface area contributed by atoms with E-state index in [4.69, 9.17) is 7.74 Å². The predicted molar refractivity (Wildman–Crippen MR) is 64.7 cm³/mol. The first-order valence-corrected chi connectivity index (χ1v) is 5.78. The van der Waals surface area contributed by atoms with Crippen LogP contribution in [0.3, 0.4) is 0 Å². The maximum Gasteiger partial charge on any atom is 0.0541 e. The Hall–Kier alpha value is 0.195. The Morgan fingerprint density at radius 2 is 1.15 bits per heavy atom. The van der Waals surface area contributed by atoms with Crippen LogP contribution in [0, 0.1) is 0 Å². The maximum absolute atomic E-state index is 4.96. The molecule has 1 aliphatic carbocycles. The summed E-state index contributed by atoms with van der Waals surface area (Å²) in [6.45, 7) is 2.04. The lowest BCUT2D eigenvalue weighted by Crippen LogP contribution is -1.98. The van der Waals surface area contributed by atoms with E-state index >= 15 is 0 Å². The molecule has 4 radical (unpaired) electrons. The number of rotatable bonds is 2. The molecular formula is C10H21B3. The number of hydrogen-bond donors (Lipinski definition) is 0. The summed E-state index contributed by atoms with van der Waals surface area (Å²) in [4.78, 5) is 0. The molecule has 0 amide bonds. The molecule has 0 aromatic carbocycles. The fourth-order valence-corrected chi connectivity index (χ4v) is 1.55. The van der Waals surface area contributed by atoms with Crippen LogP contribution in [0.2, 0.25) is 6.32 Å². The normalized spacial score (nSPS) is 17.3. The van der Waals surface area contributed by atoms with Gasteiger partial charge in [0.2, 0.25) is 0 Å². The van der Waals surface area contributed by atoms with Gasteiger partial charge in [-0.3, -0.25) is 0 Å². The minimum absolute atomic E-state index is 1.04. The van der Waals surface area contributed by atoms with E-state index in [9.17, 15) is 0 Å². The summed E-state index contributed by atoms with van der Waals surface area (Å²) in [5.41, 5.74) is 0. The molecule has 0 spiro atoms. The maximum atomic E-state index is 4.96. The second-order valence-electron chi connectivity index (χ2n) is 3.66. The molecule has 0 aliphatic heterocycles. The zero-order valence-electron chi connectivity index (χ0n) is 9.10. The van der Waals surface area contributed by atoms with Crippen molar-refractivity contribution in [2.45, 2.75) is 64.6 Å². The van der Waals surface area contributed by atoms with Crippen LogP contribution in [0.4, 0.5) is 0 Å². The molecule has 0 unspecified atom stereocenters. The third-order valence-corrected chi connectivity index (χ3v) is 2.37. The van der Waals surface area contributed by atoms with Crippen molar-refractivity contribution in [2.24, 2.45) is 0 Å². The van der Waals surface area contributed by atoms with Gasteiger partial charge in [0.15, 0.2) is 0 Å². The summed E-state index contributed by atoms with van der Waals surface area (Å²) < 4.78 is 0. The highest BCUT2D eigenvalue weighted by Crippen LogP contribution is 2.15. The molecular weight excluding hydrogens is 153 g/mol. The SMILES string of the molecule is C1CCCCCCC1.[B][B][B]CC. The zero-order chi connectivity index (χ0) is 9.78. The minimum Gasteiger partial charge on any atom is -0.0923 e. The Morgan fingerprint density at radius 1 is 0.846 bits per heavy atom. The van der Waals surface area contributed by atoms with Crippen molar-refractivity contribution in [3.63, 3.8) is 0 Å². The van der Waals surface area contributed by atoms with Crippen LogP contribution in [0.15, 0.2) is 0 Å². The molecule has 13 heavy (non-hydrogen) atoms. The quantitative estimate of drug-likeness (QED) is 0.564. The van der Waals surface area contributed by atoms with E-state index in [2.05, 4.69) is 0 Å². The largest absolute Gasteiger partial charge is 0.0923 e. The van der Waals surface area contributed by atoms with Crippen molar-refractivity contribution in [2.75, 3.05) is 0 Å². The van der Waals surface area contributed by atoms with Gasteiger partial charge in [-0.05, 0) is 0 Å². The molecule has 0 N–H and O–H groups in total. The van der Waals surface area contributed by atoms with Crippen molar-refractivity contribution in [1.29, 1.82) is 0 Å². The molecule has 0 atom stereocenters. The molecule has 0 aromatic heterocycles. The topological polar surface area (TPSA) is 0 Å². The zero-order valence-corrected chi connectivity index (χ0v) is 9.10. The second kappa shape index (κ2) is 12.2. The molecule has 70 valence electrons. The first-order valence-electron chi connectivity index (χ1n) is 5.78. The van der Waals surface area contributed by atoms with E-state index in [1.165, 1.54) is 51.4 Å². The van der Waals surface area contributed by atoms with Gasteiger partial charge >= 0.3 is 0 Å². The van der Waals surface area contributed by atoms with Gasteiger partial charge in [0.25, 0.3) is 0 Å². The van der Waals surface area contributed by atoms with E-state index in [1.54, 1.807) is 7.06 Å². The smallest absolute Gasteiger partial charge is 0.0541 e. The molecule has 1 aliphatic rings. The predicted octanol–water partition coefficient (Wildman–Crippen LogP) is 2.95. The van der Waals surface area contributed by atoms with E-state index in [-0.39, 0.29) is 0 Å². The Bertz CT molecular complexity index is 60.2. The summed E-state index contributed by atoms with van der Waals surface area (Å²) in [6, 6.07) is 0. The van der Waals surface area contributed by atoms with Crippen LogP contribution in [0.5, 0.6) is 0 Å². The highest BCUT2D eigenvalue weighted by Gasteiger charge is 1.95. The Kier molecular flexibility index (Phi) is 12.4. The first kappa shape index (κ1) is 13.2. The van der Waals surface area contributed by atoms with E-state index in [1.807, 2.05) is 14.1 Å². The highest BCUT2D eigenvalue weighted by atomic mass is 14.0. The molecule has 0 aromatic rings. The monoisotopic (exact) mass is 174 g/mol. The summed E-state index contributed by atoms with van der Waals surface area (Å²) in [5.74, 6) is 0. The summed E-state index contributed by atoms with van der Waals surface area (Å²) in [7, 11) is 8.42. The average Bonchev–Trinajstić information content (AvgIpc) is 2.05. The third-order valence-electron chi connectivity index (χ3n) is 2.37. The third kappa shape index (κ3) is 12.2. The van der Waals surface area contributed by atoms with E-state index < -0.39 is 0 Å². The van der Waals surface area contributed by atoms with Crippen LogP contribution >= 0.6 is 0 Å². The molecule has 3 heteroatoms. The molecule has 0 saturated heterocycles. The molecule has 1 fully saturated rings. The van der Waals surface area contributed by atoms with Gasteiger partial charge in [0, 0.05) is 14.8 Å². The van der Waals surface area contributed by atoms with Gasteiger partial charge in [0.05, 0.1) is 7.17 Å². The van der Waals surface area contributed by atoms with Crippen molar-refractivity contribution >= 4 is 22.0 Å². The lowest BCUT2D eigenvalue weighted by Gasteiger charge is -2.05. The van der Waals surface area contributed by atoms with E-state index in [0.717, 1.165) is 6.32 Å². The van der Waals surface area contributed by atoms with Crippen LogP contribution in [0.25, 0.3) is 0 Å². The van der Waals surface area contributed by atoms with Gasteiger partial charge in [-0.25, -0.2) is 0 Å². The summed E-state index contributed by atoms with van der Waals surface area (Å²) in [5, 5.41) is 0. The molecule has 1 rings (SSSR count). The Balaban J connectivity index is 0.000000252. The van der Waals surface area contributed by atoms with Crippen molar-refractivity contribution < 1.29 is 0 Å². The fraction of sp³-hybridized carbons (Fsp3) is 1.00.